The zero-order valence-corrected chi connectivity index (χ0v) is 6.67. The molecular formula is C6H6F3N3O. The van der Waals surface area contributed by atoms with Crippen molar-refractivity contribution in [1.29, 1.82) is 0 Å². The summed E-state index contributed by atoms with van der Waals surface area (Å²) in [5, 5.41) is 0. The maximum absolute atomic E-state index is 11.6. The second-order valence-corrected chi connectivity index (χ2v) is 2.22. The third kappa shape index (κ3) is 3.68. The predicted octanol–water partition coefficient (Wildman–Crippen LogP) is 1.12. The van der Waals surface area contributed by atoms with Gasteiger partial charge in [0.2, 0.25) is 0 Å². The molecule has 13 heavy (non-hydrogen) atoms. The molecule has 0 saturated carbocycles. The van der Waals surface area contributed by atoms with Gasteiger partial charge in [0, 0.05) is 0 Å². The molecule has 1 rings (SSSR count). The van der Waals surface area contributed by atoms with Crippen LogP contribution in [0.15, 0.2) is 6.33 Å². The van der Waals surface area contributed by atoms with Crippen LogP contribution in [0.3, 0.4) is 0 Å². The SMILES string of the molecule is Cc1ncnc(OCC(F)(F)F)n1. The zero-order valence-electron chi connectivity index (χ0n) is 6.67. The van der Waals surface area contributed by atoms with E-state index in [1.807, 2.05) is 0 Å². The minimum absolute atomic E-state index is 0.312. The fourth-order valence-corrected chi connectivity index (χ4v) is 0.574. The molecule has 0 aromatic carbocycles. The number of aryl methyl sites for hydroxylation is 1. The number of ether oxygens (including phenoxy) is 1. The third-order valence-corrected chi connectivity index (χ3v) is 1.04. The summed E-state index contributed by atoms with van der Waals surface area (Å²) in [5.74, 6) is 0.312. The van der Waals surface area contributed by atoms with Gasteiger partial charge in [0.05, 0.1) is 0 Å². The van der Waals surface area contributed by atoms with Crippen molar-refractivity contribution in [1.82, 2.24) is 15.0 Å². The smallest absolute Gasteiger partial charge is 0.422 e. The molecule has 1 aromatic heterocycles. The van der Waals surface area contributed by atoms with E-state index in [4.69, 9.17) is 0 Å². The maximum atomic E-state index is 11.6. The largest absolute Gasteiger partial charge is 0.454 e. The lowest BCUT2D eigenvalue weighted by Crippen LogP contribution is -2.20. The van der Waals surface area contributed by atoms with Gasteiger partial charge in [0.25, 0.3) is 0 Å². The Morgan fingerprint density at radius 2 is 2.08 bits per heavy atom. The fraction of sp³-hybridized carbons (Fsp3) is 0.500. The number of aromatic nitrogens is 3. The lowest BCUT2D eigenvalue weighted by Gasteiger charge is -2.06. The van der Waals surface area contributed by atoms with E-state index < -0.39 is 12.8 Å². The number of hydrogen-bond acceptors (Lipinski definition) is 4. The van der Waals surface area contributed by atoms with Crippen LogP contribution in [0.4, 0.5) is 13.2 Å². The van der Waals surface area contributed by atoms with Gasteiger partial charge >= 0.3 is 12.2 Å². The molecule has 0 unspecified atom stereocenters. The zero-order chi connectivity index (χ0) is 9.90. The normalized spacial score (nSPS) is 11.4. The highest BCUT2D eigenvalue weighted by Gasteiger charge is 2.28. The van der Waals surface area contributed by atoms with Crippen LogP contribution in [-0.2, 0) is 0 Å². The van der Waals surface area contributed by atoms with Crippen LogP contribution in [0.25, 0.3) is 0 Å². The topological polar surface area (TPSA) is 47.9 Å². The average molecular weight is 193 g/mol. The van der Waals surface area contributed by atoms with Crippen LogP contribution < -0.4 is 4.74 Å². The highest BCUT2D eigenvalue weighted by Crippen LogP contribution is 2.15. The Bertz CT molecular complexity index is 289. The van der Waals surface area contributed by atoms with Crippen molar-refractivity contribution in [2.75, 3.05) is 6.61 Å². The summed E-state index contributed by atoms with van der Waals surface area (Å²) in [7, 11) is 0. The minimum atomic E-state index is -4.37. The first-order chi connectivity index (χ1) is 5.97. The molecule has 0 spiro atoms. The standard InChI is InChI=1S/C6H6F3N3O/c1-4-10-3-11-5(12-4)13-2-6(7,8)9/h3H,2H2,1H3. The first-order valence-electron chi connectivity index (χ1n) is 3.32. The summed E-state index contributed by atoms with van der Waals surface area (Å²) in [6.45, 7) is 0.137. The van der Waals surface area contributed by atoms with Gasteiger partial charge in [-0.1, -0.05) is 0 Å². The Morgan fingerprint density at radius 1 is 1.38 bits per heavy atom. The van der Waals surface area contributed by atoms with Gasteiger partial charge in [0.15, 0.2) is 6.61 Å². The van der Waals surface area contributed by atoms with E-state index in [9.17, 15) is 13.2 Å². The van der Waals surface area contributed by atoms with E-state index in [0.29, 0.717) is 5.82 Å². The lowest BCUT2D eigenvalue weighted by molar-refractivity contribution is -0.154. The number of hydrogen-bond donors (Lipinski definition) is 0. The van der Waals surface area contributed by atoms with Crippen molar-refractivity contribution in [2.24, 2.45) is 0 Å². The van der Waals surface area contributed by atoms with E-state index in [1.54, 1.807) is 0 Å². The van der Waals surface area contributed by atoms with Gasteiger partial charge in [-0.3, -0.25) is 0 Å². The summed E-state index contributed by atoms with van der Waals surface area (Å²) < 4.78 is 39.2. The fourth-order valence-electron chi connectivity index (χ4n) is 0.574. The van der Waals surface area contributed by atoms with Gasteiger partial charge in [-0.15, -0.1) is 0 Å². The van der Waals surface area contributed by atoms with Crippen LogP contribution in [0, 0.1) is 6.92 Å². The minimum Gasteiger partial charge on any atom is -0.454 e. The van der Waals surface area contributed by atoms with E-state index >= 15 is 0 Å². The van der Waals surface area contributed by atoms with Crippen LogP contribution in [0.1, 0.15) is 5.82 Å². The summed E-state index contributed by atoms with van der Waals surface area (Å²) in [4.78, 5) is 10.5. The van der Waals surface area contributed by atoms with Crippen molar-refractivity contribution in [3.63, 3.8) is 0 Å². The molecule has 1 aromatic rings. The van der Waals surface area contributed by atoms with E-state index in [0.717, 1.165) is 6.33 Å². The molecule has 0 bridgehead atoms. The van der Waals surface area contributed by atoms with E-state index in [2.05, 4.69) is 19.7 Å². The van der Waals surface area contributed by atoms with E-state index in [-0.39, 0.29) is 6.01 Å². The van der Waals surface area contributed by atoms with Crippen molar-refractivity contribution in [3.8, 4) is 6.01 Å². The van der Waals surface area contributed by atoms with Crippen LogP contribution in [0.5, 0.6) is 6.01 Å². The maximum Gasteiger partial charge on any atom is 0.422 e. The van der Waals surface area contributed by atoms with Crippen molar-refractivity contribution >= 4 is 0 Å². The van der Waals surface area contributed by atoms with Gasteiger partial charge in [-0.05, 0) is 6.92 Å². The first kappa shape index (κ1) is 9.69. The Labute approximate surface area is 71.8 Å². The molecule has 1 heterocycles. The summed E-state index contributed by atoms with van der Waals surface area (Å²) in [6.07, 6.45) is -3.28. The molecule has 0 fully saturated rings. The third-order valence-electron chi connectivity index (χ3n) is 1.04. The summed E-state index contributed by atoms with van der Waals surface area (Å²) in [5.41, 5.74) is 0. The van der Waals surface area contributed by atoms with Gasteiger partial charge in [-0.25, -0.2) is 4.98 Å². The Morgan fingerprint density at radius 3 is 2.62 bits per heavy atom. The highest BCUT2D eigenvalue weighted by atomic mass is 19.4. The highest BCUT2D eigenvalue weighted by molar-refractivity contribution is 4.93. The molecule has 0 saturated heterocycles. The average Bonchev–Trinajstić information content (AvgIpc) is 2.00. The van der Waals surface area contributed by atoms with Crippen LogP contribution in [0.2, 0.25) is 0 Å². The molecule has 0 radical (unpaired) electrons. The van der Waals surface area contributed by atoms with Gasteiger partial charge < -0.3 is 4.74 Å². The van der Waals surface area contributed by atoms with Gasteiger partial charge in [-0.2, -0.15) is 23.1 Å². The summed E-state index contributed by atoms with van der Waals surface area (Å²) in [6, 6.07) is -0.315. The first-order valence-corrected chi connectivity index (χ1v) is 3.32. The Hall–Kier alpha value is -1.40. The van der Waals surface area contributed by atoms with Gasteiger partial charge in [0.1, 0.15) is 12.2 Å². The van der Waals surface area contributed by atoms with Crippen LogP contribution in [-0.4, -0.2) is 27.7 Å². The molecule has 0 amide bonds. The second kappa shape index (κ2) is 3.55. The molecule has 0 N–H and O–H groups in total. The monoisotopic (exact) mass is 193 g/mol. The Balaban J connectivity index is 2.55. The molecule has 4 nitrogen and oxygen atoms in total. The molecule has 0 aliphatic rings. The molecule has 0 aliphatic carbocycles. The molecule has 72 valence electrons. The van der Waals surface area contributed by atoms with E-state index in [1.165, 1.54) is 6.92 Å². The quantitative estimate of drug-likeness (QED) is 0.706. The number of alkyl halides is 3. The number of rotatable bonds is 2. The summed E-state index contributed by atoms with van der Waals surface area (Å²) >= 11 is 0. The second-order valence-electron chi connectivity index (χ2n) is 2.22. The van der Waals surface area contributed by atoms with Crippen molar-refractivity contribution < 1.29 is 17.9 Å². The number of halogens is 3. The Kier molecular flexibility index (Phi) is 2.64. The van der Waals surface area contributed by atoms with Crippen molar-refractivity contribution in [2.45, 2.75) is 13.1 Å². The van der Waals surface area contributed by atoms with Crippen molar-refractivity contribution in [3.05, 3.63) is 12.2 Å². The number of nitrogens with zero attached hydrogens (tertiary/aromatic N) is 3. The molecule has 7 heteroatoms. The molecule has 0 aliphatic heterocycles. The predicted molar refractivity (Wildman–Crippen MR) is 36.1 cm³/mol. The molecular weight excluding hydrogens is 187 g/mol. The molecule has 0 atom stereocenters. The lowest BCUT2D eigenvalue weighted by atomic mass is 10.7. The van der Waals surface area contributed by atoms with Crippen LogP contribution >= 0.6 is 0 Å².